The summed E-state index contributed by atoms with van der Waals surface area (Å²) in [5.41, 5.74) is 1.31. The van der Waals surface area contributed by atoms with E-state index in [0.29, 0.717) is 5.56 Å². The molecule has 79 valence electrons. The van der Waals surface area contributed by atoms with E-state index >= 15 is 0 Å². The fourth-order valence-electron chi connectivity index (χ4n) is 1.40. The number of nitrogens with zero attached hydrogens (tertiary/aromatic N) is 2. The van der Waals surface area contributed by atoms with Crippen LogP contribution in [0.1, 0.15) is 10.4 Å². The summed E-state index contributed by atoms with van der Waals surface area (Å²) in [5, 5.41) is 0.834. The number of carbonyl (C=O) groups is 1. The second-order valence-electron chi connectivity index (χ2n) is 3.07. The topological polar surface area (TPSA) is 64.1 Å². The van der Waals surface area contributed by atoms with Crippen molar-refractivity contribution in [3.05, 3.63) is 30.1 Å². The van der Waals surface area contributed by atoms with E-state index in [1.807, 2.05) is 0 Å². The number of carbonyl (C=O) groups excluding carboxylic acids is 1. The molecule has 0 bridgehead atoms. The van der Waals surface area contributed by atoms with Gasteiger partial charge in [-0.3, -0.25) is 0 Å². The van der Waals surface area contributed by atoms with Crippen LogP contribution >= 0.6 is 0 Å². The molecule has 1 aromatic heterocycles. The van der Waals surface area contributed by atoms with E-state index in [9.17, 15) is 4.79 Å². The standard InChI is InChI=1S/C10H9N3O2.Pb/c1-15-10(14)6-2-3-8-7(4-6)9(11)13-5-12-8;/h2-5H,1H3,(H2,11,12,13,14);/q;+1/p-1. The molecule has 1 heterocycles. The molecule has 0 aliphatic carbocycles. The maximum atomic E-state index is 11.4. The molecule has 3 radical (unpaired) electrons. The molecule has 0 spiro atoms. The molecule has 1 N–H and O–H groups in total. The second kappa shape index (κ2) is 4.73. The van der Waals surface area contributed by atoms with E-state index in [4.69, 9.17) is 0 Å². The number of rotatable bonds is 2. The van der Waals surface area contributed by atoms with Crippen LogP contribution in [0.15, 0.2) is 24.5 Å². The second-order valence-corrected chi connectivity index (χ2v) is 4.04. The summed E-state index contributed by atoms with van der Waals surface area (Å²) >= 11 is 0.785. The molecule has 6 heteroatoms. The van der Waals surface area contributed by atoms with Crippen LogP contribution in [0.25, 0.3) is 10.9 Å². The molecule has 0 amide bonds. The molecule has 1 aromatic carbocycles. The molecule has 2 aromatic rings. The zero-order chi connectivity index (χ0) is 11.5. The maximum absolute atomic E-state index is 11.4. The Morgan fingerprint density at radius 2 is 2.25 bits per heavy atom. The quantitative estimate of drug-likeness (QED) is 0.590. The summed E-state index contributed by atoms with van der Waals surface area (Å²) in [6.07, 6.45) is 1.50. The Bertz CT molecular complexity index is 545. The fraction of sp³-hybridized carbons (Fsp3) is 0.100. The average Bonchev–Trinajstić information content (AvgIpc) is 2.36. The monoisotopic (exact) mass is 410 g/mol. The van der Waals surface area contributed by atoms with Crippen molar-refractivity contribution in [2.24, 2.45) is 0 Å². The van der Waals surface area contributed by atoms with Crippen molar-refractivity contribution in [2.45, 2.75) is 0 Å². The predicted molar refractivity (Wildman–Crippen MR) is 60.3 cm³/mol. The number of fused-ring (bicyclic) bond motifs is 1. The van der Waals surface area contributed by atoms with Crippen LogP contribution in [0.3, 0.4) is 0 Å². The van der Waals surface area contributed by atoms with Crippen LogP contribution in [0, 0.1) is 0 Å². The number of ether oxygens (including phenoxy) is 1. The molecule has 0 fully saturated rings. The van der Waals surface area contributed by atoms with E-state index in [-0.39, 0.29) is 5.97 Å². The van der Waals surface area contributed by atoms with Gasteiger partial charge in [0.15, 0.2) is 0 Å². The number of hydrogen-bond acceptors (Lipinski definition) is 5. The van der Waals surface area contributed by atoms with Gasteiger partial charge >= 0.3 is 109 Å². The fourth-order valence-corrected chi connectivity index (χ4v) is 2.18. The normalized spacial score (nSPS) is 10.1. The number of anilines is 1. The van der Waals surface area contributed by atoms with Crippen molar-refractivity contribution in [1.82, 2.24) is 9.97 Å². The molecule has 0 saturated heterocycles. The van der Waals surface area contributed by atoms with E-state index in [1.54, 1.807) is 18.2 Å². The number of methoxy groups -OCH3 is 1. The molecule has 0 unspecified atom stereocenters. The van der Waals surface area contributed by atoms with Crippen LogP contribution in [0.5, 0.6) is 0 Å². The number of benzene rings is 1. The van der Waals surface area contributed by atoms with Gasteiger partial charge in [-0.1, -0.05) is 0 Å². The molecular weight excluding hydrogens is 401 g/mol. The summed E-state index contributed by atoms with van der Waals surface area (Å²) in [7, 11) is 1.36. The van der Waals surface area contributed by atoms with E-state index in [1.165, 1.54) is 13.4 Å². The van der Waals surface area contributed by atoms with Gasteiger partial charge in [-0.15, -0.1) is 0 Å². The van der Waals surface area contributed by atoms with Crippen molar-refractivity contribution < 1.29 is 9.53 Å². The Labute approximate surface area is 108 Å². The third-order valence-corrected chi connectivity index (χ3v) is 3.10. The van der Waals surface area contributed by atoms with Gasteiger partial charge in [0, 0.05) is 0 Å². The first-order valence-corrected chi connectivity index (χ1v) is 6.46. The zero-order valence-electron chi connectivity index (χ0n) is 8.52. The van der Waals surface area contributed by atoms with Crippen molar-refractivity contribution in [1.29, 1.82) is 0 Å². The van der Waals surface area contributed by atoms with Gasteiger partial charge < -0.3 is 0 Å². The van der Waals surface area contributed by atoms with Crippen LogP contribution in [-0.2, 0) is 4.74 Å². The Morgan fingerprint density at radius 1 is 1.44 bits per heavy atom. The summed E-state index contributed by atoms with van der Waals surface area (Å²) in [6, 6.07) is 5.21. The predicted octanol–water partition coefficient (Wildman–Crippen LogP) is 0.912. The van der Waals surface area contributed by atoms with E-state index in [0.717, 1.165) is 42.8 Å². The average molecular weight is 409 g/mol. The minimum absolute atomic E-state index is 0.356. The summed E-state index contributed by atoms with van der Waals surface area (Å²) in [4.78, 5) is 19.6. The Morgan fingerprint density at radius 3 is 2.94 bits per heavy atom. The molecule has 0 aliphatic rings. The first-order valence-electron chi connectivity index (χ1n) is 4.52. The van der Waals surface area contributed by atoms with Crippen molar-refractivity contribution >= 4 is 48.8 Å². The molecule has 0 aliphatic heterocycles. The van der Waals surface area contributed by atoms with Gasteiger partial charge in [0.25, 0.3) is 0 Å². The number of hydrogen-bond donors (Lipinski definition) is 1. The van der Waals surface area contributed by atoms with Gasteiger partial charge in [-0.05, 0) is 0 Å². The Hall–Kier alpha value is -1.25. The molecular formula is C10H8N3O2Pb. The molecule has 0 saturated carbocycles. The SMILES string of the molecule is COC(=O)c1ccc2ncnc([NH][Pb])c2c1. The van der Waals surface area contributed by atoms with Gasteiger partial charge in [-0.25, -0.2) is 0 Å². The summed E-state index contributed by atoms with van der Waals surface area (Å²) < 4.78 is 7.76. The third-order valence-electron chi connectivity index (χ3n) is 2.17. The summed E-state index contributed by atoms with van der Waals surface area (Å²) in [6.45, 7) is 0. The molecule has 0 atom stereocenters. The molecule has 5 nitrogen and oxygen atoms in total. The first-order chi connectivity index (χ1) is 7.76. The van der Waals surface area contributed by atoms with Crippen LogP contribution in [-0.4, -0.2) is 49.1 Å². The van der Waals surface area contributed by atoms with Gasteiger partial charge in [0.2, 0.25) is 0 Å². The minimum atomic E-state index is -0.356. The Balaban J connectivity index is 2.63. The van der Waals surface area contributed by atoms with Crippen molar-refractivity contribution in [2.75, 3.05) is 10.2 Å². The third kappa shape index (κ3) is 1.99. The van der Waals surface area contributed by atoms with Crippen LogP contribution < -0.4 is 3.13 Å². The van der Waals surface area contributed by atoms with Crippen LogP contribution in [0.2, 0.25) is 0 Å². The first kappa shape index (κ1) is 11.2. The number of aromatic nitrogens is 2. The number of esters is 1. The van der Waals surface area contributed by atoms with Crippen LogP contribution in [0.4, 0.5) is 5.82 Å². The van der Waals surface area contributed by atoms with E-state index < -0.39 is 0 Å². The van der Waals surface area contributed by atoms with Crippen molar-refractivity contribution in [3.63, 3.8) is 0 Å². The Kier molecular flexibility index (Phi) is 3.32. The van der Waals surface area contributed by atoms with Gasteiger partial charge in [0.05, 0.1) is 0 Å². The molecule has 16 heavy (non-hydrogen) atoms. The van der Waals surface area contributed by atoms with Gasteiger partial charge in [-0.2, -0.15) is 0 Å². The summed E-state index contributed by atoms with van der Waals surface area (Å²) in [5.74, 6) is 0.396. The number of nitrogens with one attached hydrogen (secondary N) is 1. The van der Waals surface area contributed by atoms with Gasteiger partial charge in [0.1, 0.15) is 0 Å². The van der Waals surface area contributed by atoms with E-state index in [2.05, 4.69) is 17.8 Å². The molecule has 2 rings (SSSR count). The van der Waals surface area contributed by atoms with Crippen molar-refractivity contribution in [3.8, 4) is 0 Å². The zero-order valence-corrected chi connectivity index (χ0v) is 12.4.